The number of amides is 1. The van der Waals surface area contributed by atoms with Crippen LogP contribution in [0.15, 0.2) is 48.5 Å². The van der Waals surface area contributed by atoms with Gasteiger partial charge in [0.15, 0.2) is 5.69 Å². The fraction of sp³-hybridized carbons (Fsp3) is 0.375. The van der Waals surface area contributed by atoms with E-state index in [4.69, 9.17) is 4.74 Å². The number of carbonyl (C=O) groups excluding carboxylic acids is 1. The Labute approximate surface area is 182 Å². The molecule has 1 amide bonds. The molecule has 0 spiro atoms. The number of aryl methyl sites for hydroxylation is 2. The minimum atomic E-state index is -0.0735. The summed E-state index contributed by atoms with van der Waals surface area (Å²) in [6.07, 6.45) is -0.0735. The number of piperazine rings is 1. The van der Waals surface area contributed by atoms with Gasteiger partial charge in [-0.15, -0.1) is 5.10 Å². The van der Waals surface area contributed by atoms with E-state index >= 15 is 0 Å². The molecule has 7 heteroatoms. The molecular weight excluding hydrogens is 390 g/mol. The van der Waals surface area contributed by atoms with E-state index in [-0.39, 0.29) is 12.0 Å². The second kappa shape index (κ2) is 8.15. The van der Waals surface area contributed by atoms with Crippen LogP contribution in [0.1, 0.15) is 39.0 Å². The van der Waals surface area contributed by atoms with Crippen molar-refractivity contribution in [2.75, 3.05) is 31.1 Å². The first-order chi connectivity index (χ1) is 15.1. The maximum atomic E-state index is 13.2. The first kappa shape index (κ1) is 19.8. The number of carbonyl (C=O) groups is 1. The highest BCUT2D eigenvalue weighted by atomic mass is 16.5. The molecule has 0 saturated carbocycles. The molecule has 2 aromatic carbocycles. The van der Waals surface area contributed by atoms with Gasteiger partial charge in [0.1, 0.15) is 6.10 Å². The van der Waals surface area contributed by atoms with E-state index in [0.29, 0.717) is 31.9 Å². The minimum Gasteiger partial charge on any atom is -0.368 e. The van der Waals surface area contributed by atoms with Crippen molar-refractivity contribution in [1.82, 2.24) is 19.9 Å². The molecule has 0 aliphatic carbocycles. The van der Waals surface area contributed by atoms with Gasteiger partial charge in [-0.2, -0.15) is 0 Å². The van der Waals surface area contributed by atoms with Crippen molar-refractivity contribution in [2.45, 2.75) is 33.1 Å². The molecule has 1 aromatic heterocycles. The van der Waals surface area contributed by atoms with Gasteiger partial charge in [0.05, 0.1) is 18.8 Å². The van der Waals surface area contributed by atoms with Crippen molar-refractivity contribution in [2.24, 2.45) is 0 Å². The Morgan fingerprint density at radius 2 is 1.77 bits per heavy atom. The van der Waals surface area contributed by atoms with Crippen LogP contribution in [-0.4, -0.2) is 52.0 Å². The maximum absolute atomic E-state index is 13.2. The Kier molecular flexibility index (Phi) is 5.19. The third kappa shape index (κ3) is 3.93. The number of anilines is 1. The van der Waals surface area contributed by atoms with Gasteiger partial charge in [-0.3, -0.25) is 4.79 Å². The standard InChI is InChI=1S/C24H27N5O2/c1-17-6-8-19(9-7-17)22-15-29-21(16-31-22)23(25-26-29)24(30)28-12-10-27(11-13-28)20-5-3-4-18(2)14-20/h3-9,14,22H,10-13,15-16H2,1-2H3/t22-/m0/s1. The van der Waals surface area contributed by atoms with Crippen LogP contribution in [0.25, 0.3) is 0 Å². The summed E-state index contributed by atoms with van der Waals surface area (Å²) in [5.41, 5.74) is 5.99. The average Bonchev–Trinajstić information content (AvgIpc) is 3.22. The molecule has 2 aliphatic heterocycles. The van der Waals surface area contributed by atoms with Crippen molar-refractivity contribution in [3.05, 3.63) is 76.6 Å². The molecule has 160 valence electrons. The summed E-state index contributed by atoms with van der Waals surface area (Å²) in [5.74, 6) is -0.0532. The van der Waals surface area contributed by atoms with Crippen LogP contribution in [0.3, 0.4) is 0 Å². The molecule has 1 fully saturated rings. The molecule has 2 aliphatic rings. The number of hydrogen-bond acceptors (Lipinski definition) is 5. The number of aromatic nitrogens is 3. The molecule has 1 saturated heterocycles. The molecule has 0 unspecified atom stereocenters. The maximum Gasteiger partial charge on any atom is 0.276 e. The van der Waals surface area contributed by atoms with E-state index in [1.54, 1.807) is 0 Å². The summed E-state index contributed by atoms with van der Waals surface area (Å²) in [5, 5.41) is 8.50. The summed E-state index contributed by atoms with van der Waals surface area (Å²) in [6.45, 7) is 8.05. The first-order valence-corrected chi connectivity index (χ1v) is 10.8. The van der Waals surface area contributed by atoms with Gasteiger partial charge < -0.3 is 14.5 Å². The van der Waals surface area contributed by atoms with E-state index in [1.807, 2.05) is 9.58 Å². The van der Waals surface area contributed by atoms with Crippen LogP contribution >= 0.6 is 0 Å². The van der Waals surface area contributed by atoms with Gasteiger partial charge in [-0.1, -0.05) is 47.2 Å². The largest absolute Gasteiger partial charge is 0.368 e. The third-order valence-electron chi connectivity index (χ3n) is 6.18. The second-order valence-electron chi connectivity index (χ2n) is 8.40. The van der Waals surface area contributed by atoms with E-state index in [9.17, 15) is 4.79 Å². The summed E-state index contributed by atoms with van der Waals surface area (Å²) in [4.78, 5) is 17.4. The summed E-state index contributed by atoms with van der Waals surface area (Å²) < 4.78 is 7.90. The molecule has 0 radical (unpaired) electrons. The quantitative estimate of drug-likeness (QED) is 0.655. The molecule has 3 aromatic rings. The average molecular weight is 418 g/mol. The van der Waals surface area contributed by atoms with Gasteiger partial charge >= 0.3 is 0 Å². The highest BCUT2D eigenvalue weighted by Gasteiger charge is 2.31. The Morgan fingerprint density at radius 3 is 2.52 bits per heavy atom. The number of benzene rings is 2. The third-order valence-corrected chi connectivity index (χ3v) is 6.18. The van der Waals surface area contributed by atoms with Crippen LogP contribution in [0, 0.1) is 13.8 Å². The minimum absolute atomic E-state index is 0.0532. The smallest absolute Gasteiger partial charge is 0.276 e. The highest BCUT2D eigenvalue weighted by molar-refractivity contribution is 5.93. The van der Waals surface area contributed by atoms with Crippen LogP contribution in [0.5, 0.6) is 0 Å². The van der Waals surface area contributed by atoms with Gasteiger partial charge in [0.2, 0.25) is 0 Å². The summed E-state index contributed by atoms with van der Waals surface area (Å²) in [7, 11) is 0. The second-order valence-corrected chi connectivity index (χ2v) is 8.40. The molecule has 3 heterocycles. The Bertz CT molecular complexity index is 1080. The topological polar surface area (TPSA) is 63.5 Å². The molecular formula is C24H27N5O2. The van der Waals surface area contributed by atoms with Crippen molar-refractivity contribution in [3.63, 3.8) is 0 Å². The predicted octanol–water partition coefficient (Wildman–Crippen LogP) is 3.13. The zero-order valence-electron chi connectivity index (χ0n) is 18.0. The molecule has 7 nitrogen and oxygen atoms in total. The lowest BCUT2D eigenvalue weighted by Crippen LogP contribution is -2.49. The predicted molar refractivity (Wildman–Crippen MR) is 118 cm³/mol. The number of fused-ring (bicyclic) bond motifs is 1. The molecule has 5 rings (SSSR count). The Hall–Kier alpha value is -3.19. The van der Waals surface area contributed by atoms with Crippen LogP contribution < -0.4 is 4.90 Å². The zero-order valence-corrected chi connectivity index (χ0v) is 18.0. The molecule has 1 atom stereocenters. The van der Waals surface area contributed by atoms with Crippen LogP contribution in [0.2, 0.25) is 0 Å². The fourth-order valence-electron chi connectivity index (χ4n) is 4.30. The Morgan fingerprint density at radius 1 is 1.00 bits per heavy atom. The normalized spacial score (nSPS) is 18.7. The van der Waals surface area contributed by atoms with Crippen LogP contribution in [-0.2, 0) is 17.9 Å². The SMILES string of the molecule is Cc1ccc([C@@H]2Cn3nnc(C(=O)N4CCN(c5cccc(C)c5)CC4)c3CO2)cc1. The first-order valence-electron chi connectivity index (χ1n) is 10.8. The van der Waals surface area contributed by atoms with Crippen LogP contribution in [0.4, 0.5) is 5.69 Å². The van der Waals surface area contributed by atoms with Gasteiger partial charge in [-0.25, -0.2) is 4.68 Å². The monoisotopic (exact) mass is 417 g/mol. The lowest BCUT2D eigenvalue weighted by atomic mass is 10.1. The lowest BCUT2D eigenvalue weighted by Gasteiger charge is -2.36. The summed E-state index contributed by atoms with van der Waals surface area (Å²) >= 11 is 0. The number of nitrogens with zero attached hydrogens (tertiary/aromatic N) is 5. The molecule has 0 N–H and O–H groups in total. The highest BCUT2D eigenvalue weighted by Crippen LogP contribution is 2.28. The number of hydrogen-bond donors (Lipinski definition) is 0. The molecule has 31 heavy (non-hydrogen) atoms. The van der Waals surface area contributed by atoms with Gasteiger partial charge in [-0.05, 0) is 37.1 Å². The lowest BCUT2D eigenvalue weighted by molar-refractivity contribution is -0.00196. The van der Waals surface area contributed by atoms with E-state index in [2.05, 4.69) is 77.6 Å². The van der Waals surface area contributed by atoms with Crippen molar-refractivity contribution < 1.29 is 9.53 Å². The van der Waals surface area contributed by atoms with Gasteiger partial charge in [0.25, 0.3) is 5.91 Å². The van der Waals surface area contributed by atoms with Gasteiger partial charge in [0, 0.05) is 31.9 Å². The fourth-order valence-corrected chi connectivity index (χ4v) is 4.30. The van der Waals surface area contributed by atoms with Crippen molar-refractivity contribution in [3.8, 4) is 0 Å². The molecule has 0 bridgehead atoms. The van der Waals surface area contributed by atoms with E-state index in [0.717, 1.165) is 24.3 Å². The summed E-state index contributed by atoms with van der Waals surface area (Å²) in [6, 6.07) is 16.8. The van der Waals surface area contributed by atoms with E-state index in [1.165, 1.54) is 16.8 Å². The number of ether oxygens (including phenoxy) is 1. The number of rotatable bonds is 3. The van der Waals surface area contributed by atoms with E-state index < -0.39 is 0 Å². The zero-order chi connectivity index (χ0) is 21.4. The van der Waals surface area contributed by atoms with Crippen molar-refractivity contribution >= 4 is 11.6 Å². The Balaban J connectivity index is 1.25. The van der Waals surface area contributed by atoms with Crippen molar-refractivity contribution in [1.29, 1.82) is 0 Å².